The number of hydrogen-bond acceptors (Lipinski definition) is 5. The highest BCUT2D eigenvalue weighted by Gasteiger charge is 2.46. The van der Waals surface area contributed by atoms with Crippen LogP contribution in [0, 0.1) is 17.5 Å². The van der Waals surface area contributed by atoms with E-state index in [1.165, 1.54) is 25.4 Å². The molecule has 0 aliphatic carbocycles. The van der Waals surface area contributed by atoms with E-state index in [0.29, 0.717) is 40.5 Å². The lowest BCUT2D eigenvalue weighted by atomic mass is 9.81. The second kappa shape index (κ2) is 12.8. The van der Waals surface area contributed by atoms with E-state index in [2.05, 4.69) is 20.6 Å². The number of aromatic nitrogens is 2. The van der Waals surface area contributed by atoms with Gasteiger partial charge in [0.15, 0.2) is 11.6 Å². The molecule has 3 aromatic rings. The molecule has 1 aliphatic rings. The molecule has 0 spiro atoms. The number of halogens is 6. The number of amides is 3. The molecule has 1 aliphatic heterocycles. The molecule has 0 saturated carbocycles. The van der Waals surface area contributed by atoms with Gasteiger partial charge in [-0.25, -0.2) is 18.2 Å². The first-order valence-corrected chi connectivity index (χ1v) is 13.3. The highest BCUT2D eigenvalue weighted by atomic mass is 19.4. The quantitative estimate of drug-likeness (QED) is 0.286. The van der Waals surface area contributed by atoms with Crippen LogP contribution in [0.4, 0.5) is 32.2 Å². The van der Waals surface area contributed by atoms with E-state index < -0.39 is 77.9 Å². The minimum absolute atomic E-state index is 0.105. The number of nitrogens with one attached hydrogen (secondary N) is 2. The Hall–Kier alpha value is -4.49. The number of carbonyl (C=O) groups excluding carboxylic acids is 3. The molecule has 1 fully saturated rings. The molecule has 14 heteroatoms. The number of nitrogens with zero attached hydrogens (tertiary/aromatic N) is 3. The monoisotopic (exact) mass is 607 g/mol. The van der Waals surface area contributed by atoms with Gasteiger partial charge in [0, 0.05) is 35.6 Å². The molecule has 43 heavy (non-hydrogen) atoms. The van der Waals surface area contributed by atoms with E-state index in [0.717, 1.165) is 0 Å². The van der Waals surface area contributed by atoms with Gasteiger partial charge in [-0.15, -0.1) is 0 Å². The van der Waals surface area contributed by atoms with Crippen molar-refractivity contribution in [3.05, 3.63) is 88.6 Å². The lowest BCUT2D eigenvalue weighted by Gasteiger charge is -2.43. The zero-order valence-electron chi connectivity index (χ0n) is 23.0. The van der Waals surface area contributed by atoms with Crippen LogP contribution >= 0.6 is 0 Å². The average Bonchev–Trinajstić information content (AvgIpc) is 2.95. The molecule has 2 unspecified atom stereocenters. The van der Waals surface area contributed by atoms with Crippen LogP contribution < -0.4 is 10.6 Å². The van der Waals surface area contributed by atoms with Crippen molar-refractivity contribution in [2.45, 2.75) is 57.3 Å². The number of benzene rings is 1. The van der Waals surface area contributed by atoms with Gasteiger partial charge in [0.25, 0.3) is 5.91 Å². The van der Waals surface area contributed by atoms with Gasteiger partial charge in [-0.3, -0.25) is 19.4 Å². The molecule has 3 amide bonds. The maximum absolute atomic E-state index is 14.7. The average molecular weight is 608 g/mol. The molecule has 8 nitrogen and oxygen atoms in total. The molecule has 1 aromatic carbocycles. The Kier molecular flexibility index (Phi) is 9.36. The minimum atomic E-state index is -4.87. The van der Waals surface area contributed by atoms with Crippen LogP contribution in [-0.4, -0.2) is 57.4 Å². The van der Waals surface area contributed by atoms with Crippen molar-refractivity contribution >= 4 is 23.5 Å². The first-order chi connectivity index (χ1) is 20.3. The third-order valence-electron chi connectivity index (χ3n) is 7.19. The van der Waals surface area contributed by atoms with Crippen LogP contribution in [0.1, 0.15) is 53.4 Å². The zero-order chi connectivity index (χ0) is 31.5. The highest BCUT2D eigenvalue weighted by Crippen LogP contribution is 2.38. The summed E-state index contributed by atoms with van der Waals surface area (Å²) in [7, 11) is 0. The lowest BCUT2D eigenvalue weighted by Crippen LogP contribution is -2.60. The third-order valence-corrected chi connectivity index (χ3v) is 7.19. The second-order valence-corrected chi connectivity index (χ2v) is 10.1. The van der Waals surface area contributed by atoms with Crippen LogP contribution in [0.2, 0.25) is 0 Å². The predicted octanol–water partition coefficient (Wildman–Crippen LogP) is 4.70. The van der Waals surface area contributed by atoms with Gasteiger partial charge in [-0.1, -0.05) is 13.0 Å². The van der Waals surface area contributed by atoms with Gasteiger partial charge in [-0.05, 0) is 55.7 Å². The van der Waals surface area contributed by atoms with E-state index in [-0.39, 0.29) is 12.0 Å². The Labute approximate surface area is 242 Å². The van der Waals surface area contributed by atoms with E-state index in [4.69, 9.17) is 0 Å². The number of alkyl halides is 3. The summed E-state index contributed by atoms with van der Waals surface area (Å²) >= 11 is 0. The lowest BCUT2D eigenvalue weighted by molar-refractivity contribution is -0.170. The number of carbonyl (C=O) groups is 3. The van der Waals surface area contributed by atoms with Gasteiger partial charge < -0.3 is 15.5 Å². The molecule has 3 atom stereocenters. The number of aryl methyl sites for hydroxylation is 1. The van der Waals surface area contributed by atoms with Crippen LogP contribution in [0.15, 0.2) is 48.8 Å². The summed E-state index contributed by atoms with van der Waals surface area (Å²) < 4.78 is 83.7. The van der Waals surface area contributed by atoms with Crippen LogP contribution in [0.3, 0.4) is 0 Å². The Morgan fingerprint density at radius 1 is 1.07 bits per heavy atom. The molecule has 4 rings (SSSR count). The number of likely N-dealkylation sites (tertiary alicyclic amines) is 1. The first-order valence-electron chi connectivity index (χ1n) is 13.3. The number of piperidine rings is 1. The fourth-order valence-electron chi connectivity index (χ4n) is 5.12. The normalized spacial score (nSPS) is 18.8. The number of pyridine rings is 2. The topological polar surface area (TPSA) is 104 Å². The predicted molar refractivity (Wildman–Crippen MR) is 142 cm³/mol. The Morgan fingerprint density at radius 2 is 1.79 bits per heavy atom. The fourth-order valence-corrected chi connectivity index (χ4v) is 5.12. The maximum atomic E-state index is 14.7. The molecular formula is C29H27F6N5O3. The zero-order valence-corrected chi connectivity index (χ0v) is 23.0. The standard InChI is InChI=1S/C29H27F6N5O3/c1-3-21-16(11-24(41)39-23-6-4-5-9-36-23)10-17(13-37-21)27(42)38-22-12-18(25-19(30)7-8-20(31)26(25)32)15(2)40(28(22)43)14-29(33,34)35/h4-10,13,15,18,22H,3,11-12,14H2,1-2H3,(H,38,42)(H,36,39,41)/t15-,18?,22?/m1/s1. The van der Waals surface area contributed by atoms with Gasteiger partial charge in [0.1, 0.15) is 24.2 Å². The summed E-state index contributed by atoms with van der Waals surface area (Å²) in [4.78, 5) is 47.6. The summed E-state index contributed by atoms with van der Waals surface area (Å²) in [5, 5.41) is 4.96. The fraction of sp³-hybridized carbons (Fsp3) is 0.345. The van der Waals surface area contributed by atoms with E-state index in [9.17, 15) is 40.7 Å². The van der Waals surface area contributed by atoms with Crippen LogP contribution in [0.25, 0.3) is 0 Å². The molecule has 2 N–H and O–H groups in total. The van der Waals surface area contributed by atoms with Gasteiger partial charge in [-0.2, -0.15) is 13.2 Å². The summed E-state index contributed by atoms with van der Waals surface area (Å²) in [6, 6.07) is 4.46. The van der Waals surface area contributed by atoms with Crippen molar-refractivity contribution in [2.24, 2.45) is 0 Å². The maximum Gasteiger partial charge on any atom is 0.406 e. The van der Waals surface area contributed by atoms with E-state index >= 15 is 0 Å². The van der Waals surface area contributed by atoms with Gasteiger partial charge >= 0.3 is 6.18 Å². The van der Waals surface area contributed by atoms with Gasteiger partial charge in [0.05, 0.1) is 12.0 Å². The first kappa shape index (κ1) is 31.4. The van der Waals surface area contributed by atoms with Crippen molar-refractivity contribution in [3.63, 3.8) is 0 Å². The van der Waals surface area contributed by atoms with Crippen LogP contribution in [0.5, 0.6) is 0 Å². The summed E-state index contributed by atoms with van der Waals surface area (Å²) in [6.07, 6.45) is -2.48. The molecule has 228 valence electrons. The molecule has 3 heterocycles. The number of hydrogen-bond donors (Lipinski definition) is 2. The summed E-state index contributed by atoms with van der Waals surface area (Å²) in [6.45, 7) is 1.20. The number of anilines is 1. The van der Waals surface area contributed by atoms with Gasteiger partial charge in [0.2, 0.25) is 11.8 Å². The Balaban J connectivity index is 1.61. The van der Waals surface area contributed by atoms with Crippen molar-refractivity contribution in [2.75, 3.05) is 11.9 Å². The summed E-state index contributed by atoms with van der Waals surface area (Å²) in [5.41, 5.74) is -0.0377. The van der Waals surface area contributed by atoms with E-state index in [1.807, 2.05) is 0 Å². The molecule has 1 saturated heterocycles. The van der Waals surface area contributed by atoms with Crippen LogP contribution in [-0.2, 0) is 22.4 Å². The van der Waals surface area contributed by atoms with E-state index in [1.54, 1.807) is 25.1 Å². The molecule has 0 radical (unpaired) electrons. The van der Waals surface area contributed by atoms with Crippen molar-refractivity contribution < 1.29 is 40.7 Å². The van der Waals surface area contributed by atoms with Crippen molar-refractivity contribution in [3.8, 4) is 0 Å². The summed E-state index contributed by atoms with van der Waals surface area (Å²) in [5.74, 6) is -7.81. The SMILES string of the molecule is CCc1ncc(C(=O)NC2CC(c3c(F)ccc(F)c3F)[C@@H](C)N(CC(F)(F)F)C2=O)cc1CC(=O)Nc1ccccn1. The third kappa shape index (κ3) is 7.30. The highest BCUT2D eigenvalue weighted by molar-refractivity contribution is 5.98. The second-order valence-electron chi connectivity index (χ2n) is 10.1. The van der Waals surface area contributed by atoms with Crippen molar-refractivity contribution in [1.29, 1.82) is 0 Å². The smallest absolute Gasteiger partial charge is 0.340 e. The Bertz CT molecular complexity index is 1520. The van der Waals surface area contributed by atoms with Crippen molar-refractivity contribution in [1.82, 2.24) is 20.2 Å². The minimum Gasteiger partial charge on any atom is -0.340 e. The molecular weight excluding hydrogens is 580 g/mol. The Morgan fingerprint density at radius 3 is 2.44 bits per heavy atom. The molecule has 2 aromatic heterocycles. The number of rotatable bonds is 8. The largest absolute Gasteiger partial charge is 0.406 e. The molecule has 0 bridgehead atoms.